The predicted molar refractivity (Wildman–Crippen MR) is 153 cm³/mol. The number of fused-ring (bicyclic) bond motifs is 1. The average Bonchev–Trinajstić information content (AvgIpc) is 3.50. The first-order valence-electron chi connectivity index (χ1n) is 13.7. The molecule has 0 N–H and O–H groups in total. The molecule has 6 rings (SSSR count). The minimum atomic E-state index is -4.41. The van der Waals surface area contributed by atoms with Crippen LogP contribution in [0.15, 0.2) is 78.2 Å². The van der Waals surface area contributed by atoms with Crippen molar-refractivity contribution in [3.05, 3.63) is 106 Å². The van der Waals surface area contributed by atoms with Gasteiger partial charge in [-0.15, -0.1) is 11.3 Å². The number of para-hydroxylation sites is 1. The number of thiazole rings is 1. The lowest BCUT2D eigenvalue weighted by Crippen LogP contribution is -2.38. The lowest BCUT2D eigenvalue weighted by Gasteiger charge is -2.31. The number of carbonyl (C=O) groups excluding carboxylic acids is 2. The fraction of sp³-hybridized carbons (Fsp3) is 0.281. The molecule has 41 heavy (non-hydrogen) atoms. The Hall–Kier alpha value is -3.98. The topological polar surface area (TPSA) is 53.5 Å². The Morgan fingerprint density at radius 1 is 0.854 bits per heavy atom. The van der Waals surface area contributed by atoms with Gasteiger partial charge in [0.2, 0.25) is 0 Å². The van der Waals surface area contributed by atoms with Gasteiger partial charge in [-0.3, -0.25) is 9.59 Å². The van der Waals surface area contributed by atoms with E-state index in [9.17, 15) is 22.8 Å². The van der Waals surface area contributed by atoms with E-state index < -0.39 is 11.7 Å². The van der Waals surface area contributed by atoms with Crippen LogP contribution in [-0.4, -0.2) is 41.3 Å². The first-order valence-corrected chi connectivity index (χ1v) is 14.6. The number of alkyl halides is 3. The molecule has 4 aromatic rings. The summed E-state index contributed by atoms with van der Waals surface area (Å²) in [7, 11) is 0. The maximum Gasteiger partial charge on any atom is 0.416 e. The third-order valence-electron chi connectivity index (χ3n) is 7.91. The summed E-state index contributed by atoms with van der Waals surface area (Å²) in [4.78, 5) is 35.2. The number of rotatable bonds is 4. The zero-order chi connectivity index (χ0) is 28.6. The summed E-state index contributed by atoms with van der Waals surface area (Å²) in [6.07, 6.45) is -1.07. The molecule has 3 heterocycles. The zero-order valence-electron chi connectivity index (χ0n) is 22.2. The van der Waals surface area contributed by atoms with Gasteiger partial charge in [0, 0.05) is 42.2 Å². The third kappa shape index (κ3) is 5.51. The molecule has 0 radical (unpaired) electrons. The molecule has 9 heteroatoms. The average molecular weight is 576 g/mol. The summed E-state index contributed by atoms with van der Waals surface area (Å²) in [5, 5.41) is 2.75. The minimum Gasteiger partial charge on any atom is -0.339 e. The summed E-state index contributed by atoms with van der Waals surface area (Å²) in [5.74, 6) is -0.0609. The summed E-state index contributed by atoms with van der Waals surface area (Å²) in [5.41, 5.74) is 3.52. The number of anilines is 1. The van der Waals surface area contributed by atoms with E-state index in [0.717, 1.165) is 48.5 Å². The summed E-state index contributed by atoms with van der Waals surface area (Å²) in [6, 6.07) is 19.9. The van der Waals surface area contributed by atoms with Crippen LogP contribution in [0.4, 0.5) is 18.9 Å². The van der Waals surface area contributed by atoms with Crippen LogP contribution in [0.2, 0.25) is 0 Å². The number of hydrogen-bond donors (Lipinski definition) is 0. The largest absolute Gasteiger partial charge is 0.416 e. The van der Waals surface area contributed by atoms with Crippen molar-refractivity contribution in [1.82, 2.24) is 9.88 Å². The molecular weight excluding hydrogens is 547 g/mol. The number of hydrogen-bond acceptors (Lipinski definition) is 4. The molecule has 1 saturated heterocycles. The van der Waals surface area contributed by atoms with Crippen LogP contribution in [0.25, 0.3) is 11.1 Å². The van der Waals surface area contributed by atoms with E-state index in [4.69, 9.17) is 4.98 Å². The zero-order valence-corrected chi connectivity index (χ0v) is 23.0. The van der Waals surface area contributed by atoms with Crippen molar-refractivity contribution in [1.29, 1.82) is 0 Å². The van der Waals surface area contributed by atoms with Gasteiger partial charge in [-0.1, -0.05) is 48.5 Å². The van der Waals surface area contributed by atoms with Gasteiger partial charge >= 0.3 is 6.18 Å². The van der Waals surface area contributed by atoms with Crippen LogP contribution in [0.5, 0.6) is 0 Å². The number of benzene rings is 3. The molecule has 0 atom stereocenters. The van der Waals surface area contributed by atoms with E-state index in [1.54, 1.807) is 29.2 Å². The smallest absolute Gasteiger partial charge is 0.339 e. The van der Waals surface area contributed by atoms with E-state index in [-0.39, 0.29) is 17.7 Å². The molecule has 1 aromatic heterocycles. The molecule has 0 spiro atoms. The van der Waals surface area contributed by atoms with Gasteiger partial charge in [-0.05, 0) is 66.6 Å². The van der Waals surface area contributed by atoms with Crippen molar-refractivity contribution in [3.63, 3.8) is 0 Å². The standard InChI is InChI=1S/C32H28F3N3O2S/c33-32(34,35)24-13-11-21(12-14-24)25-8-2-3-9-26(25)30(39)37-18-15-23(16-19-37)29-36-27(20-41-29)31(40)38-17-5-7-22-6-1-4-10-28(22)38/h1-4,6,8-14,20,23H,5,7,15-19H2. The van der Waals surface area contributed by atoms with Crippen molar-refractivity contribution >= 4 is 28.8 Å². The van der Waals surface area contributed by atoms with Gasteiger partial charge in [0.15, 0.2) is 0 Å². The Morgan fingerprint density at radius 2 is 1.56 bits per heavy atom. The highest BCUT2D eigenvalue weighted by Crippen LogP contribution is 2.35. The van der Waals surface area contributed by atoms with E-state index >= 15 is 0 Å². The molecule has 2 aliphatic heterocycles. The molecule has 1 fully saturated rings. The number of halogens is 3. The fourth-order valence-corrected chi connectivity index (χ4v) is 6.68. The molecule has 2 amide bonds. The number of carbonyl (C=O) groups is 2. The van der Waals surface area contributed by atoms with Gasteiger partial charge in [0.25, 0.3) is 11.8 Å². The van der Waals surface area contributed by atoms with Crippen molar-refractivity contribution in [2.45, 2.75) is 37.8 Å². The SMILES string of the molecule is O=C(c1ccccc1-c1ccc(C(F)(F)F)cc1)N1CCC(c2nc(C(=O)N3CCCc4ccccc43)cs2)CC1. The molecule has 3 aromatic carbocycles. The number of piperidine rings is 1. The lowest BCUT2D eigenvalue weighted by molar-refractivity contribution is -0.137. The summed E-state index contributed by atoms with van der Waals surface area (Å²) >= 11 is 1.50. The van der Waals surface area contributed by atoms with Crippen molar-refractivity contribution in [2.24, 2.45) is 0 Å². The van der Waals surface area contributed by atoms with Crippen LogP contribution in [0, 0.1) is 0 Å². The van der Waals surface area contributed by atoms with Crippen LogP contribution in [0.3, 0.4) is 0 Å². The monoisotopic (exact) mass is 575 g/mol. The molecule has 0 unspecified atom stereocenters. The molecule has 0 aliphatic carbocycles. The number of likely N-dealkylation sites (tertiary alicyclic amines) is 1. The Labute approximate surface area is 240 Å². The van der Waals surface area contributed by atoms with Crippen molar-refractivity contribution < 1.29 is 22.8 Å². The highest BCUT2D eigenvalue weighted by atomic mass is 32.1. The Balaban J connectivity index is 1.12. The quantitative estimate of drug-likeness (QED) is 0.254. The molecular formula is C32H28F3N3O2S. The Kier molecular flexibility index (Phi) is 7.38. The second-order valence-corrected chi connectivity index (χ2v) is 11.3. The number of amides is 2. The van der Waals surface area contributed by atoms with Gasteiger partial charge in [-0.25, -0.2) is 4.98 Å². The Bertz CT molecular complexity index is 1570. The second kappa shape index (κ2) is 11.1. The van der Waals surface area contributed by atoms with Crippen molar-refractivity contribution in [3.8, 4) is 11.1 Å². The molecule has 2 aliphatic rings. The predicted octanol–water partition coefficient (Wildman–Crippen LogP) is 7.44. The number of nitrogens with zero attached hydrogens (tertiary/aromatic N) is 3. The fourth-order valence-electron chi connectivity index (χ4n) is 5.72. The summed E-state index contributed by atoms with van der Waals surface area (Å²) < 4.78 is 39.1. The van der Waals surface area contributed by atoms with E-state index in [0.29, 0.717) is 42.0 Å². The molecule has 210 valence electrons. The van der Waals surface area contributed by atoms with Crippen LogP contribution in [0.1, 0.15) is 62.2 Å². The summed E-state index contributed by atoms with van der Waals surface area (Å²) in [6.45, 7) is 1.75. The first-order chi connectivity index (χ1) is 19.8. The normalized spacial score (nSPS) is 16.0. The highest BCUT2D eigenvalue weighted by Gasteiger charge is 2.31. The number of aromatic nitrogens is 1. The highest BCUT2D eigenvalue weighted by molar-refractivity contribution is 7.10. The Morgan fingerprint density at radius 3 is 2.32 bits per heavy atom. The number of aryl methyl sites for hydroxylation is 1. The van der Waals surface area contributed by atoms with E-state index in [1.807, 2.05) is 28.5 Å². The van der Waals surface area contributed by atoms with Crippen molar-refractivity contribution in [2.75, 3.05) is 24.5 Å². The molecule has 0 saturated carbocycles. The molecule has 0 bridgehead atoms. The van der Waals surface area contributed by atoms with Gasteiger partial charge in [0.1, 0.15) is 5.69 Å². The van der Waals surface area contributed by atoms with Gasteiger partial charge < -0.3 is 9.80 Å². The van der Waals surface area contributed by atoms with E-state index in [2.05, 4.69) is 6.07 Å². The lowest BCUT2D eigenvalue weighted by atomic mass is 9.94. The van der Waals surface area contributed by atoms with Crippen LogP contribution < -0.4 is 4.90 Å². The first kappa shape index (κ1) is 27.2. The van der Waals surface area contributed by atoms with E-state index in [1.165, 1.54) is 29.0 Å². The van der Waals surface area contributed by atoms with Gasteiger partial charge in [0.05, 0.1) is 10.6 Å². The molecule has 5 nitrogen and oxygen atoms in total. The minimum absolute atomic E-state index is 0.0767. The third-order valence-corrected chi connectivity index (χ3v) is 8.92. The van der Waals surface area contributed by atoms with Crippen LogP contribution >= 0.6 is 11.3 Å². The maximum atomic E-state index is 13.5. The van der Waals surface area contributed by atoms with Crippen LogP contribution in [-0.2, 0) is 12.6 Å². The maximum absolute atomic E-state index is 13.5. The van der Waals surface area contributed by atoms with Gasteiger partial charge in [-0.2, -0.15) is 13.2 Å². The second-order valence-electron chi connectivity index (χ2n) is 10.4.